The fraction of sp³-hybridized carbons (Fsp3) is 0. The van der Waals surface area contributed by atoms with E-state index in [0.29, 0.717) is 12.1 Å². The maximum absolute atomic E-state index is 12.8. The van der Waals surface area contributed by atoms with Crippen molar-refractivity contribution in [2.24, 2.45) is 20.5 Å². The van der Waals surface area contributed by atoms with Crippen molar-refractivity contribution in [3.63, 3.8) is 0 Å². The van der Waals surface area contributed by atoms with Crippen LogP contribution in [0.4, 0.5) is 75.0 Å². The largest absolute Gasteiger partial charge is 1.00 e. The van der Waals surface area contributed by atoms with Crippen molar-refractivity contribution in [1.82, 2.24) is 29.9 Å². The van der Waals surface area contributed by atoms with Gasteiger partial charge >= 0.3 is 177 Å². The van der Waals surface area contributed by atoms with Crippen molar-refractivity contribution >= 4 is 170 Å². The minimum Gasteiger partial charge on any atom is -0.505 e. The Morgan fingerprint density at radius 2 is 0.705 bits per heavy atom. The van der Waals surface area contributed by atoms with E-state index in [-0.39, 0.29) is 224 Å². The van der Waals surface area contributed by atoms with Gasteiger partial charge in [0.2, 0.25) is 34.4 Å². The van der Waals surface area contributed by atoms with Crippen LogP contribution in [-0.4, -0.2) is 113 Å². The summed E-state index contributed by atoms with van der Waals surface area (Å²) >= 11 is 12.1. The zero-order chi connectivity index (χ0) is 60.1. The molecule has 0 fully saturated rings. The van der Waals surface area contributed by atoms with E-state index in [0.717, 1.165) is 60.7 Å². The topological polar surface area (TPSA) is 547 Å². The number of phenolic OH excluding ortho intramolecular Hbond substituents is 1. The van der Waals surface area contributed by atoms with Crippen LogP contribution in [0.15, 0.2) is 147 Å². The number of nitrogens with two attached hydrogens (primary N) is 1. The van der Waals surface area contributed by atoms with Crippen LogP contribution in [0.3, 0.4) is 0 Å². The van der Waals surface area contributed by atoms with E-state index in [1.165, 1.54) is 24.3 Å². The molecule has 0 spiro atoms. The molecule has 2 aromatic heterocycles. The molecule has 0 aliphatic heterocycles. The van der Waals surface area contributed by atoms with Gasteiger partial charge < -0.3 is 32.1 Å². The second kappa shape index (κ2) is 32.2. The first-order valence-corrected chi connectivity index (χ1v) is 30.6. The molecule has 2 heterocycles. The molecule has 428 valence electrons. The molecule has 88 heavy (non-hydrogen) atoms. The maximum atomic E-state index is 12.8. The van der Waals surface area contributed by atoms with Crippen molar-refractivity contribution in [1.29, 1.82) is 0 Å². The molecule has 0 saturated heterocycles. The summed E-state index contributed by atoms with van der Waals surface area (Å²) in [7, 11) is -30.9. The third kappa shape index (κ3) is 20.8. The van der Waals surface area contributed by atoms with Crippen LogP contribution in [0.25, 0.3) is 10.8 Å². The number of hydrogen-bond donors (Lipinski definition) is 12. The first kappa shape index (κ1) is 81.7. The number of halogens is 2. The third-order valence-corrected chi connectivity index (χ3v) is 15.9. The number of anilines is 9. The zero-order valence-electron chi connectivity index (χ0n) is 45.5. The van der Waals surface area contributed by atoms with E-state index < -0.39 is 146 Å². The summed E-state index contributed by atoms with van der Waals surface area (Å²) in [5.41, 5.74) is 1.13. The van der Waals surface area contributed by atoms with E-state index in [9.17, 15) is 82.9 Å². The molecule has 8 rings (SSSR count). The summed E-state index contributed by atoms with van der Waals surface area (Å²) < 4.78 is 208. The maximum Gasteiger partial charge on any atom is 1.00 e. The first-order chi connectivity index (χ1) is 38.0. The Balaban J connectivity index is 0.00000440. The normalized spacial score (nSPS) is 11.9. The summed E-state index contributed by atoms with van der Waals surface area (Å²) in [6.45, 7) is 0. The summed E-state index contributed by atoms with van der Waals surface area (Å²) in [5, 5.41) is 34.3. The molecule has 0 aliphatic carbocycles. The van der Waals surface area contributed by atoms with E-state index in [1.807, 2.05) is 0 Å². The molecule has 0 saturated carbocycles. The molecule has 34 nitrogen and oxygen atoms in total. The Morgan fingerprint density at radius 3 is 1.03 bits per heavy atom. The number of nitrogens with zero attached hydrogens (tertiary/aromatic N) is 10. The Labute approximate surface area is 640 Å². The number of hydrogen-bond acceptors (Lipinski definition) is 28. The van der Waals surface area contributed by atoms with E-state index in [1.54, 1.807) is 0 Å². The van der Waals surface area contributed by atoms with Gasteiger partial charge in [0, 0.05) is 22.7 Å². The van der Waals surface area contributed by atoms with Crippen molar-refractivity contribution in [2.45, 2.75) is 29.4 Å². The van der Waals surface area contributed by atoms with Crippen molar-refractivity contribution < 1.29 is 260 Å². The Morgan fingerprint density at radius 1 is 0.386 bits per heavy atom. The van der Waals surface area contributed by atoms with Crippen LogP contribution in [0.1, 0.15) is 0 Å². The van der Waals surface area contributed by atoms with Gasteiger partial charge in [-0.3, -0.25) is 27.3 Å². The number of aromatic hydroxyl groups is 1. The summed E-state index contributed by atoms with van der Waals surface area (Å²) in [6, 6.07) is 15.9. The van der Waals surface area contributed by atoms with E-state index in [2.05, 4.69) is 71.6 Å². The van der Waals surface area contributed by atoms with Gasteiger partial charge in [0.1, 0.15) is 42.3 Å². The number of nitrogen functional groups attached to an aromatic ring is 1. The minimum atomic E-state index is -5.54. The van der Waals surface area contributed by atoms with Crippen LogP contribution in [0, 0.1) is 0 Å². The number of nitrogens with one attached hydrogen (secondary N) is 4. The van der Waals surface area contributed by atoms with Gasteiger partial charge in [-0.05, 0) is 114 Å². The van der Waals surface area contributed by atoms with Crippen molar-refractivity contribution in [3.8, 4) is 5.75 Å². The van der Waals surface area contributed by atoms with Gasteiger partial charge in [-0.2, -0.15) is 80.4 Å². The van der Waals surface area contributed by atoms with E-state index in [4.69, 9.17) is 28.9 Å². The van der Waals surface area contributed by atoms with Crippen LogP contribution in [-0.2, 0) is 60.7 Å². The van der Waals surface area contributed by atoms with Crippen LogP contribution >= 0.6 is 23.2 Å². The molecule has 48 heteroatoms. The number of fused-ring (bicyclic) bond motifs is 1. The molecule has 0 radical (unpaired) electrons. The molecule has 8 aromatic rings. The van der Waals surface area contributed by atoms with Crippen LogP contribution in [0.5, 0.6) is 5.75 Å². The smallest absolute Gasteiger partial charge is 0.505 e. The van der Waals surface area contributed by atoms with Crippen molar-refractivity contribution in [2.75, 3.05) is 27.0 Å². The molecular formula is C40H29Cl2N15Na6O19S6+6. The number of phenols is 1. The number of aromatic nitrogens is 6. The van der Waals surface area contributed by atoms with E-state index >= 15 is 0 Å². The molecule has 0 bridgehead atoms. The molecule has 0 amide bonds. The Kier molecular flexibility index (Phi) is 29.9. The number of rotatable bonds is 18. The standard InChI is InChI=1S/C40H29Cl2N15O19S6.6Na/c41-35-48-37(44-18-3-1-5-22(13-18)77(59,60)61)52-39(50-35)46-20-7-9-24(26(15-20)79(65,66)67)54-56-32-28(81(71,72)73)11-17-12-29(82(74,75)76)33(34(58)30(17)31(32)43)57-55-25-10-8-21(16-27(25)80(68,69)70)47-40-51-36(42)49-38(53-40)45-19-4-2-6-23(14-19)78(62,63)64;;;;;;/h1-16,58H,43H2,(H,59,60,61)(H,62,63,64)(H,65,66,67)(H,68,69,70)(H,71,72,73)(H,74,75,76)(H2,44,46,48,50,52)(H2,45,47,49,51,53);;;;;;/q;6*+1. The van der Waals surface area contributed by atoms with Crippen molar-refractivity contribution in [3.05, 3.63) is 108 Å². The predicted molar refractivity (Wildman–Crippen MR) is 286 cm³/mol. The fourth-order valence-corrected chi connectivity index (χ4v) is 11.0. The summed E-state index contributed by atoms with van der Waals surface area (Å²) in [4.78, 5) is 17.8. The SMILES string of the molecule is Nc1c(N=Nc2ccc(Nc3nc(Cl)nc(Nc4cccc(S(=O)(=O)O)c4)n3)cc2S(=O)(=O)O)c(S(=O)(=O)O)cc2cc(S(=O)(=O)O)c(N=Nc3ccc(Nc4nc(Cl)nc(Nc5cccc(S(=O)(=O)O)c5)n4)cc3S(=O)(=O)O)c(O)c12.[Na+].[Na+].[Na+].[Na+].[Na+].[Na+]. The molecule has 0 atom stereocenters. The first-order valence-electron chi connectivity index (χ1n) is 21.2. The second-order valence-corrected chi connectivity index (χ2v) is 25.1. The molecular weight excluding hydrogens is 1400 g/mol. The third-order valence-electron chi connectivity index (χ3n) is 10.4. The molecule has 6 aromatic carbocycles. The Hall–Kier alpha value is -2.36. The van der Waals surface area contributed by atoms with Gasteiger partial charge in [0.05, 0.1) is 20.9 Å². The summed E-state index contributed by atoms with van der Waals surface area (Å²) in [6.07, 6.45) is 0. The second-order valence-electron chi connectivity index (χ2n) is 16.0. The van der Waals surface area contributed by atoms with Crippen LogP contribution < -0.4 is 204 Å². The molecule has 0 aliphatic rings. The van der Waals surface area contributed by atoms with Gasteiger partial charge in [0.25, 0.3) is 60.7 Å². The summed E-state index contributed by atoms with van der Waals surface area (Å²) in [5.74, 6) is -2.72. The van der Waals surface area contributed by atoms with Gasteiger partial charge in [0.15, 0.2) is 5.75 Å². The average molecular weight is 1430 g/mol. The number of azo groups is 2. The Bertz CT molecular complexity index is 4520. The van der Waals surface area contributed by atoms with Crippen LogP contribution in [0.2, 0.25) is 10.6 Å². The quantitative estimate of drug-likeness (QED) is 0.0164. The van der Waals surface area contributed by atoms with Gasteiger partial charge in [-0.15, -0.1) is 20.5 Å². The zero-order valence-corrected chi connectivity index (χ0v) is 63.9. The van der Waals surface area contributed by atoms with Gasteiger partial charge in [-0.1, -0.05) is 12.1 Å². The molecule has 13 N–H and O–H groups in total. The fourth-order valence-electron chi connectivity index (χ4n) is 6.98. The monoisotopic (exact) mass is 1420 g/mol. The van der Waals surface area contributed by atoms with Gasteiger partial charge in [-0.25, -0.2) is 0 Å². The predicted octanol–water partition coefficient (Wildman–Crippen LogP) is -10.9. The average Bonchev–Trinajstić information content (AvgIpc) is 3.53. The molecule has 0 unspecified atom stereocenters. The minimum absolute atomic E-state index is 0. The number of benzene rings is 6.